The first kappa shape index (κ1) is 15.0. The van der Waals surface area contributed by atoms with Crippen molar-refractivity contribution in [3.63, 3.8) is 0 Å². The first-order valence-corrected chi connectivity index (χ1v) is 8.03. The van der Waals surface area contributed by atoms with E-state index in [1.165, 1.54) is 30.5 Å². The molecule has 0 radical (unpaired) electrons. The maximum atomic E-state index is 13.2. The highest BCUT2D eigenvalue weighted by Crippen LogP contribution is 2.38. The minimum Gasteiger partial charge on any atom is -0.340 e. The molecule has 0 bridgehead atoms. The Balaban J connectivity index is 1.77. The van der Waals surface area contributed by atoms with Gasteiger partial charge in [-0.05, 0) is 62.7 Å². The molecule has 0 amide bonds. The number of nitrogens with one attached hydrogen (secondary N) is 1. The monoisotopic (exact) mass is 298 g/mol. The van der Waals surface area contributed by atoms with E-state index < -0.39 is 0 Å². The number of benzene rings is 1. The molecule has 2 aliphatic rings. The van der Waals surface area contributed by atoms with Crippen LogP contribution in [0.15, 0.2) is 60.3 Å². The molecule has 0 fully saturated rings. The van der Waals surface area contributed by atoms with Gasteiger partial charge in [0.15, 0.2) is 0 Å². The first-order valence-electron chi connectivity index (χ1n) is 8.03. The van der Waals surface area contributed by atoms with Gasteiger partial charge in [-0.15, -0.1) is 0 Å². The summed E-state index contributed by atoms with van der Waals surface area (Å²) in [5.41, 5.74) is 2.53. The maximum Gasteiger partial charge on any atom is 0.123 e. The van der Waals surface area contributed by atoms with Crippen LogP contribution in [0, 0.1) is 11.7 Å². The van der Waals surface area contributed by atoms with Gasteiger partial charge in [-0.2, -0.15) is 0 Å². The van der Waals surface area contributed by atoms with Crippen LogP contribution in [-0.2, 0) is 0 Å². The van der Waals surface area contributed by atoms with Crippen molar-refractivity contribution in [2.24, 2.45) is 5.92 Å². The molecule has 3 rings (SSSR count). The van der Waals surface area contributed by atoms with E-state index >= 15 is 0 Å². The topological polar surface area (TPSA) is 15.3 Å². The Bertz CT molecular complexity index is 586. The Morgan fingerprint density at radius 3 is 2.64 bits per heavy atom. The Labute approximate surface area is 132 Å². The third-order valence-corrected chi connectivity index (χ3v) is 4.43. The normalized spacial score (nSPS) is 22.8. The second kappa shape index (κ2) is 6.93. The van der Waals surface area contributed by atoms with Crippen molar-refractivity contribution < 1.29 is 4.39 Å². The predicted molar refractivity (Wildman–Crippen MR) is 90.3 cm³/mol. The predicted octanol–water partition coefficient (Wildman–Crippen LogP) is 4.03. The van der Waals surface area contributed by atoms with Crippen LogP contribution >= 0.6 is 0 Å². The van der Waals surface area contributed by atoms with Gasteiger partial charge in [-0.1, -0.05) is 24.3 Å². The van der Waals surface area contributed by atoms with Gasteiger partial charge < -0.3 is 10.2 Å². The molecule has 2 atom stereocenters. The SMILES string of the molecule is CNCCCCC1=CN(c2ccc(F)cc2)C2C=CC=CC12. The molecule has 1 heterocycles. The molecule has 116 valence electrons. The van der Waals surface area contributed by atoms with E-state index in [9.17, 15) is 4.39 Å². The van der Waals surface area contributed by atoms with Gasteiger partial charge >= 0.3 is 0 Å². The summed E-state index contributed by atoms with van der Waals surface area (Å²) < 4.78 is 13.2. The first-order chi connectivity index (χ1) is 10.8. The summed E-state index contributed by atoms with van der Waals surface area (Å²) in [5.74, 6) is 0.263. The van der Waals surface area contributed by atoms with Gasteiger partial charge in [0.05, 0.1) is 6.04 Å². The number of halogens is 1. The zero-order valence-electron chi connectivity index (χ0n) is 13.0. The standard InChI is InChI=1S/C19H23FN2/c1-21-13-5-4-6-15-14-22(17-11-9-16(20)10-12-17)19-8-3-2-7-18(15)19/h2-3,7-12,14,18-19,21H,4-6,13H2,1H3. The van der Waals surface area contributed by atoms with Crippen LogP contribution in [0.25, 0.3) is 0 Å². The Morgan fingerprint density at radius 2 is 1.86 bits per heavy atom. The lowest BCUT2D eigenvalue weighted by Gasteiger charge is -2.28. The molecule has 0 saturated carbocycles. The van der Waals surface area contributed by atoms with E-state index in [0.29, 0.717) is 12.0 Å². The fourth-order valence-corrected chi connectivity index (χ4v) is 3.28. The zero-order valence-corrected chi connectivity index (χ0v) is 13.0. The van der Waals surface area contributed by atoms with Gasteiger partial charge in [0.25, 0.3) is 0 Å². The molecule has 0 aromatic heterocycles. The van der Waals surface area contributed by atoms with Crippen LogP contribution in [-0.4, -0.2) is 19.6 Å². The van der Waals surface area contributed by atoms with Crippen LogP contribution in [0.1, 0.15) is 19.3 Å². The van der Waals surface area contributed by atoms with Crippen molar-refractivity contribution in [1.29, 1.82) is 0 Å². The van der Waals surface area contributed by atoms with Gasteiger partial charge in [-0.25, -0.2) is 4.39 Å². The van der Waals surface area contributed by atoms with E-state index in [1.807, 2.05) is 19.2 Å². The molecule has 2 nitrogen and oxygen atoms in total. The van der Waals surface area contributed by atoms with Crippen LogP contribution in [0.4, 0.5) is 10.1 Å². The Morgan fingerprint density at radius 1 is 1.09 bits per heavy atom. The minimum absolute atomic E-state index is 0.185. The van der Waals surface area contributed by atoms with Crippen molar-refractivity contribution in [3.05, 3.63) is 66.2 Å². The molecule has 1 aromatic rings. The van der Waals surface area contributed by atoms with E-state index in [0.717, 1.165) is 18.7 Å². The summed E-state index contributed by atoms with van der Waals surface area (Å²) in [6.07, 6.45) is 14.6. The second-order valence-corrected chi connectivity index (χ2v) is 5.93. The molecule has 1 aliphatic carbocycles. The number of rotatable bonds is 6. The molecule has 0 spiro atoms. The van der Waals surface area contributed by atoms with Crippen LogP contribution in [0.3, 0.4) is 0 Å². The number of unbranched alkanes of at least 4 members (excludes halogenated alkanes) is 1. The summed E-state index contributed by atoms with van der Waals surface area (Å²) in [6.45, 7) is 1.07. The van der Waals surface area contributed by atoms with Crippen LogP contribution in [0.2, 0.25) is 0 Å². The van der Waals surface area contributed by atoms with Crippen molar-refractivity contribution >= 4 is 5.69 Å². The number of allylic oxidation sites excluding steroid dienone is 2. The molecular formula is C19H23FN2. The van der Waals surface area contributed by atoms with Crippen LogP contribution < -0.4 is 10.2 Å². The lowest BCUT2D eigenvalue weighted by Crippen LogP contribution is -2.30. The highest BCUT2D eigenvalue weighted by molar-refractivity contribution is 5.57. The molecule has 1 aliphatic heterocycles. The Kier molecular flexibility index (Phi) is 4.74. The Hall–Kier alpha value is -1.87. The highest BCUT2D eigenvalue weighted by Gasteiger charge is 2.33. The summed E-state index contributed by atoms with van der Waals surface area (Å²) in [6, 6.07) is 7.12. The smallest absolute Gasteiger partial charge is 0.123 e. The third kappa shape index (κ3) is 3.14. The zero-order chi connectivity index (χ0) is 15.4. The molecule has 22 heavy (non-hydrogen) atoms. The van der Waals surface area contributed by atoms with E-state index in [4.69, 9.17) is 0 Å². The second-order valence-electron chi connectivity index (χ2n) is 5.93. The average molecular weight is 298 g/mol. The largest absolute Gasteiger partial charge is 0.340 e. The number of nitrogens with zero attached hydrogens (tertiary/aromatic N) is 1. The van der Waals surface area contributed by atoms with Crippen molar-refractivity contribution in [3.8, 4) is 0 Å². The van der Waals surface area contributed by atoms with Gasteiger partial charge in [0, 0.05) is 17.8 Å². The van der Waals surface area contributed by atoms with Crippen molar-refractivity contribution in [1.82, 2.24) is 5.32 Å². The van der Waals surface area contributed by atoms with Crippen molar-refractivity contribution in [2.75, 3.05) is 18.5 Å². The maximum absolute atomic E-state index is 13.2. The number of anilines is 1. The summed E-state index contributed by atoms with van der Waals surface area (Å²) in [7, 11) is 2.00. The van der Waals surface area contributed by atoms with Crippen molar-refractivity contribution in [2.45, 2.75) is 25.3 Å². The summed E-state index contributed by atoms with van der Waals surface area (Å²) in [5, 5.41) is 3.20. The summed E-state index contributed by atoms with van der Waals surface area (Å²) in [4.78, 5) is 2.28. The quantitative estimate of drug-likeness (QED) is 0.798. The summed E-state index contributed by atoms with van der Waals surface area (Å²) >= 11 is 0. The van der Waals surface area contributed by atoms with E-state index in [-0.39, 0.29) is 5.82 Å². The minimum atomic E-state index is -0.185. The number of hydrogen-bond donors (Lipinski definition) is 1. The lowest BCUT2D eigenvalue weighted by atomic mass is 9.88. The molecule has 3 heteroatoms. The fraction of sp³-hybridized carbons (Fsp3) is 0.368. The number of hydrogen-bond acceptors (Lipinski definition) is 2. The number of fused-ring (bicyclic) bond motifs is 1. The van der Waals surface area contributed by atoms with Gasteiger partial charge in [0.2, 0.25) is 0 Å². The molecule has 1 N–H and O–H groups in total. The lowest BCUT2D eigenvalue weighted by molar-refractivity contribution is 0.617. The fourth-order valence-electron chi connectivity index (χ4n) is 3.28. The van der Waals surface area contributed by atoms with Gasteiger partial charge in [0.1, 0.15) is 5.82 Å². The van der Waals surface area contributed by atoms with E-state index in [2.05, 4.69) is 40.7 Å². The average Bonchev–Trinajstić information content (AvgIpc) is 2.91. The third-order valence-electron chi connectivity index (χ3n) is 4.43. The van der Waals surface area contributed by atoms with Crippen LogP contribution in [0.5, 0.6) is 0 Å². The molecule has 1 aromatic carbocycles. The molecular weight excluding hydrogens is 275 g/mol. The van der Waals surface area contributed by atoms with Gasteiger partial charge in [-0.3, -0.25) is 0 Å². The highest BCUT2D eigenvalue weighted by atomic mass is 19.1. The molecule has 2 unspecified atom stereocenters. The molecule has 0 saturated heterocycles. The van der Waals surface area contributed by atoms with E-state index in [1.54, 1.807) is 0 Å².